The minimum Gasteiger partial charge on any atom is -0.469 e. The van der Waals surface area contributed by atoms with Crippen molar-refractivity contribution >= 4 is 12.0 Å². The molecule has 0 unspecified atom stereocenters. The van der Waals surface area contributed by atoms with Crippen LogP contribution >= 0.6 is 0 Å². The molecule has 1 aromatic heterocycles. The Morgan fingerprint density at radius 1 is 0.903 bits per heavy atom. The highest BCUT2D eigenvalue weighted by Crippen LogP contribution is 2.38. The Balaban J connectivity index is 1.41. The zero-order chi connectivity index (χ0) is 21.2. The van der Waals surface area contributed by atoms with Gasteiger partial charge in [-0.2, -0.15) is 0 Å². The summed E-state index contributed by atoms with van der Waals surface area (Å²) in [5.41, 5.74) is 2.05. The van der Waals surface area contributed by atoms with E-state index in [9.17, 15) is 9.59 Å². The number of benzene rings is 2. The van der Waals surface area contributed by atoms with Gasteiger partial charge in [-0.15, -0.1) is 0 Å². The van der Waals surface area contributed by atoms with Crippen LogP contribution in [0.2, 0.25) is 0 Å². The van der Waals surface area contributed by atoms with Crippen LogP contribution in [0.3, 0.4) is 0 Å². The number of cyclic esters (lactones) is 1. The summed E-state index contributed by atoms with van der Waals surface area (Å²) < 4.78 is 10.9. The van der Waals surface area contributed by atoms with Crippen LogP contribution in [0, 0.1) is 0 Å². The zero-order valence-corrected chi connectivity index (χ0v) is 17.1. The van der Waals surface area contributed by atoms with E-state index in [0.717, 1.165) is 16.9 Å². The number of β-lactam (4-membered cyclic amide) rings is 1. The van der Waals surface area contributed by atoms with E-state index in [0.29, 0.717) is 19.4 Å². The van der Waals surface area contributed by atoms with Gasteiger partial charge in [0.1, 0.15) is 18.4 Å². The molecule has 31 heavy (non-hydrogen) atoms. The predicted molar refractivity (Wildman–Crippen MR) is 114 cm³/mol. The monoisotopic (exact) mass is 416 g/mol. The molecule has 2 amide bonds. The van der Waals surface area contributed by atoms with Gasteiger partial charge in [-0.25, -0.2) is 4.79 Å². The summed E-state index contributed by atoms with van der Waals surface area (Å²) in [6.45, 7) is 0.786. The lowest BCUT2D eigenvalue weighted by Gasteiger charge is -2.51. The smallest absolute Gasteiger partial charge is 0.411 e. The molecule has 0 spiro atoms. The third-order valence-electron chi connectivity index (χ3n) is 6.16. The van der Waals surface area contributed by atoms with Crippen LogP contribution in [0.4, 0.5) is 4.79 Å². The number of likely N-dealkylation sites (tertiary alicyclic amines) is 1. The van der Waals surface area contributed by atoms with E-state index in [1.165, 1.54) is 0 Å². The number of carbonyl (C=O) groups excluding carboxylic acids is 2. The first-order valence-electron chi connectivity index (χ1n) is 10.6. The summed E-state index contributed by atoms with van der Waals surface area (Å²) in [5.74, 6) is 0.842. The highest BCUT2D eigenvalue weighted by atomic mass is 16.6. The molecule has 0 bridgehead atoms. The Morgan fingerprint density at radius 3 is 2.35 bits per heavy atom. The number of carbonyl (C=O) groups is 2. The quantitative estimate of drug-likeness (QED) is 0.542. The number of hydrogen-bond acceptors (Lipinski definition) is 4. The van der Waals surface area contributed by atoms with E-state index >= 15 is 0 Å². The predicted octanol–water partition coefficient (Wildman–Crippen LogP) is 4.19. The first-order valence-corrected chi connectivity index (χ1v) is 10.6. The second kappa shape index (κ2) is 8.30. The van der Waals surface area contributed by atoms with E-state index in [4.69, 9.17) is 9.15 Å². The molecule has 0 N–H and O–H groups in total. The lowest BCUT2D eigenvalue weighted by atomic mass is 9.87. The van der Waals surface area contributed by atoms with E-state index in [2.05, 4.69) is 0 Å². The fraction of sp³-hybridized carbons (Fsp3) is 0.280. The molecule has 0 aliphatic carbocycles. The van der Waals surface area contributed by atoms with E-state index in [-0.39, 0.29) is 24.6 Å². The number of amides is 2. The van der Waals surface area contributed by atoms with Crippen LogP contribution in [0.25, 0.3) is 0 Å². The maximum absolute atomic E-state index is 13.3. The van der Waals surface area contributed by atoms with Crippen LogP contribution in [0.5, 0.6) is 0 Å². The van der Waals surface area contributed by atoms with Crippen molar-refractivity contribution in [3.05, 3.63) is 95.9 Å². The van der Waals surface area contributed by atoms with Crippen LogP contribution < -0.4 is 0 Å². The average Bonchev–Trinajstić information content (AvgIpc) is 3.46. The molecule has 6 heteroatoms. The fourth-order valence-electron chi connectivity index (χ4n) is 4.60. The Bertz CT molecular complexity index is 1040. The van der Waals surface area contributed by atoms with Gasteiger partial charge in [0.25, 0.3) is 0 Å². The largest absolute Gasteiger partial charge is 0.469 e. The number of hydrogen-bond donors (Lipinski definition) is 0. The van der Waals surface area contributed by atoms with Crippen molar-refractivity contribution in [1.82, 2.24) is 9.80 Å². The first-order chi connectivity index (χ1) is 15.2. The second-order valence-electron chi connectivity index (χ2n) is 7.99. The average molecular weight is 416 g/mol. The summed E-state index contributed by atoms with van der Waals surface area (Å²) in [5, 5.41) is 0. The molecule has 2 saturated heterocycles. The maximum Gasteiger partial charge on any atom is 0.411 e. The Labute approximate surface area is 181 Å². The Hall–Kier alpha value is -3.54. The first kappa shape index (κ1) is 19.4. The van der Waals surface area contributed by atoms with Gasteiger partial charge in [-0.3, -0.25) is 9.69 Å². The minimum atomic E-state index is -0.529. The van der Waals surface area contributed by atoms with Crippen molar-refractivity contribution in [2.24, 2.45) is 0 Å². The molecule has 2 fully saturated rings. The molecular weight excluding hydrogens is 392 g/mol. The molecule has 3 aromatic rings. The third kappa shape index (κ3) is 3.69. The number of ether oxygens (including phenoxy) is 1. The highest BCUT2D eigenvalue weighted by molar-refractivity contribution is 5.93. The van der Waals surface area contributed by atoms with Gasteiger partial charge in [0.2, 0.25) is 5.91 Å². The maximum atomic E-state index is 13.3. The zero-order valence-electron chi connectivity index (χ0n) is 17.1. The van der Waals surface area contributed by atoms with Crippen molar-refractivity contribution < 1.29 is 18.7 Å². The van der Waals surface area contributed by atoms with E-state index in [1.807, 2.05) is 77.7 Å². The molecule has 6 nitrogen and oxygen atoms in total. The number of rotatable bonds is 7. The standard InChI is InChI=1S/C25H24N2O4/c28-24-23(27-22(17-31-25(27)29)19-10-5-2-6-11-19)21(14-13-20-12-7-15-30-20)26(24)16-18-8-3-1-4-9-18/h1-12,15,21-23H,13-14,16-17H2/t21-,22-,23+/m1/s1. The van der Waals surface area contributed by atoms with Gasteiger partial charge >= 0.3 is 6.09 Å². The molecule has 3 heterocycles. The minimum absolute atomic E-state index is 0.0342. The van der Waals surface area contributed by atoms with Crippen molar-refractivity contribution in [3.63, 3.8) is 0 Å². The van der Waals surface area contributed by atoms with Crippen molar-refractivity contribution in [2.45, 2.75) is 37.5 Å². The van der Waals surface area contributed by atoms with Crippen LogP contribution in [-0.2, 0) is 22.5 Å². The molecule has 0 saturated carbocycles. The van der Waals surface area contributed by atoms with Crippen molar-refractivity contribution in [2.75, 3.05) is 6.61 Å². The topological polar surface area (TPSA) is 63.0 Å². The van der Waals surface area contributed by atoms with Crippen LogP contribution in [-0.4, -0.2) is 40.5 Å². The molecule has 2 aliphatic rings. The van der Waals surface area contributed by atoms with Gasteiger partial charge in [-0.1, -0.05) is 60.7 Å². The summed E-state index contributed by atoms with van der Waals surface area (Å²) in [6, 6.07) is 22.6. The van der Waals surface area contributed by atoms with Gasteiger partial charge in [0.05, 0.1) is 18.3 Å². The molecule has 5 rings (SSSR count). The Morgan fingerprint density at radius 2 is 1.65 bits per heavy atom. The third-order valence-corrected chi connectivity index (χ3v) is 6.16. The number of furan rings is 1. The summed E-state index contributed by atoms with van der Waals surface area (Å²) in [7, 11) is 0. The second-order valence-corrected chi connectivity index (χ2v) is 7.99. The van der Waals surface area contributed by atoms with Gasteiger partial charge < -0.3 is 14.1 Å². The fourth-order valence-corrected chi connectivity index (χ4v) is 4.60. The lowest BCUT2D eigenvalue weighted by molar-refractivity contribution is -0.159. The normalized spacial score (nSPS) is 23.0. The van der Waals surface area contributed by atoms with E-state index < -0.39 is 12.1 Å². The highest BCUT2D eigenvalue weighted by Gasteiger charge is 2.55. The summed E-state index contributed by atoms with van der Waals surface area (Å²) in [6.07, 6.45) is 2.65. The molecule has 2 aromatic carbocycles. The number of nitrogens with zero attached hydrogens (tertiary/aromatic N) is 2. The van der Waals surface area contributed by atoms with Crippen LogP contribution in [0.15, 0.2) is 83.5 Å². The molecule has 158 valence electrons. The summed E-state index contributed by atoms with van der Waals surface area (Å²) >= 11 is 0. The van der Waals surface area contributed by atoms with Crippen molar-refractivity contribution in [3.8, 4) is 0 Å². The van der Waals surface area contributed by atoms with E-state index in [1.54, 1.807) is 11.2 Å². The summed E-state index contributed by atoms with van der Waals surface area (Å²) in [4.78, 5) is 29.5. The Kier molecular flexibility index (Phi) is 5.20. The van der Waals surface area contributed by atoms with Gasteiger partial charge in [0.15, 0.2) is 0 Å². The SMILES string of the molecule is O=C1[C@@H](N2C(=O)OC[C@@H]2c2ccccc2)[C@@H](CCc2ccco2)N1Cc1ccccc1. The number of aryl methyl sites for hydroxylation is 1. The van der Waals surface area contributed by atoms with Crippen molar-refractivity contribution in [1.29, 1.82) is 0 Å². The van der Waals surface area contributed by atoms with Crippen LogP contribution in [0.1, 0.15) is 29.3 Å². The molecule has 2 aliphatic heterocycles. The van der Waals surface area contributed by atoms with Gasteiger partial charge in [0, 0.05) is 13.0 Å². The molecular formula is C25H24N2O4. The molecule has 0 radical (unpaired) electrons. The molecule has 3 atom stereocenters. The van der Waals surface area contributed by atoms with Gasteiger partial charge in [-0.05, 0) is 29.7 Å². The lowest BCUT2D eigenvalue weighted by Crippen LogP contribution is -2.70.